The van der Waals surface area contributed by atoms with Gasteiger partial charge in [0.15, 0.2) is 0 Å². The van der Waals surface area contributed by atoms with Gasteiger partial charge in [-0.15, -0.1) is 0 Å². The van der Waals surface area contributed by atoms with Crippen molar-refractivity contribution in [2.75, 3.05) is 20.7 Å². The average molecular weight is 264 g/mol. The molecule has 1 aromatic rings. The van der Waals surface area contributed by atoms with E-state index in [1.54, 1.807) is 7.11 Å². The van der Waals surface area contributed by atoms with Gasteiger partial charge < -0.3 is 10.5 Å². The monoisotopic (exact) mass is 264 g/mol. The largest absolute Gasteiger partial charge is 0.496 e. The lowest BCUT2D eigenvalue weighted by Gasteiger charge is -2.36. The fourth-order valence-electron chi connectivity index (χ4n) is 2.34. The maximum absolute atomic E-state index is 5.70. The first-order valence-corrected chi connectivity index (χ1v) is 6.87. The summed E-state index contributed by atoms with van der Waals surface area (Å²) in [5.74, 6) is 0.980. The number of nitrogens with zero attached hydrogens (tertiary/aromatic N) is 1. The zero-order valence-electron chi connectivity index (χ0n) is 13.2. The number of hydrogen-bond donors (Lipinski definition) is 1. The molecule has 19 heavy (non-hydrogen) atoms. The van der Waals surface area contributed by atoms with Gasteiger partial charge in [-0.25, -0.2) is 0 Å². The Morgan fingerprint density at radius 3 is 2.42 bits per heavy atom. The van der Waals surface area contributed by atoms with Gasteiger partial charge in [0.2, 0.25) is 0 Å². The molecule has 0 fully saturated rings. The minimum atomic E-state index is 0.0943. The van der Waals surface area contributed by atoms with Crippen molar-refractivity contribution >= 4 is 0 Å². The molecule has 0 atom stereocenters. The summed E-state index contributed by atoms with van der Waals surface area (Å²) in [5.41, 5.74) is 9.58. The number of benzene rings is 1. The standard InChI is InChI=1S/C16H28N2O/c1-12-9-13(2)14(15(10-12)19-6)11-18(5)16(3,4)7-8-17/h9-10H,7-8,11,17H2,1-6H3. The number of methoxy groups -OCH3 is 1. The number of nitrogens with two attached hydrogens (primary N) is 1. The van der Waals surface area contributed by atoms with Crippen LogP contribution in [0.3, 0.4) is 0 Å². The SMILES string of the molecule is COc1cc(C)cc(C)c1CN(C)C(C)(C)CCN. The average Bonchev–Trinajstić information content (AvgIpc) is 2.31. The molecule has 108 valence electrons. The number of rotatable bonds is 6. The summed E-state index contributed by atoms with van der Waals surface area (Å²) in [4.78, 5) is 2.35. The molecule has 1 rings (SSSR count). The third kappa shape index (κ3) is 3.95. The van der Waals surface area contributed by atoms with E-state index in [1.165, 1.54) is 16.7 Å². The van der Waals surface area contributed by atoms with Crippen LogP contribution in [0.5, 0.6) is 5.75 Å². The van der Waals surface area contributed by atoms with Gasteiger partial charge >= 0.3 is 0 Å². The fourth-order valence-corrected chi connectivity index (χ4v) is 2.34. The molecule has 0 unspecified atom stereocenters. The van der Waals surface area contributed by atoms with E-state index in [0.29, 0.717) is 6.54 Å². The maximum Gasteiger partial charge on any atom is 0.123 e. The van der Waals surface area contributed by atoms with Gasteiger partial charge in [-0.05, 0) is 64.9 Å². The molecule has 3 nitrogen and oxygen atoms in total. The molecular formula is C16H28N2O. The maximum atomic E-state index is 5.70. The minimum absolute atomic E-state index is 0.0943. The Labute approximate surface area is 117 Å². The third-order valence-electron chi connectivity index (χ3n) is 3.98. The van der Waals surface area contributed by atoms with Crippen LogP contribution in [0, 0.1) is 13.8 Å². The van der Waals surface area contributed by atoms with E-state index in [-0.39, 0.29) is 5.54 Å². The van der Waals surface area contributed by atoms with E-state index in [2.05, 4.69) is 51.8 Å². The van der Waals surface area contributed by atoms with Crippen molar-refractivity contribution in [1.82, 2.24) is 4.90 Å². The van der Waals surface area contributed by atoms with Crippen molar-refractivity contribution in [3.63, 3.8) is 0 Å². The first-order valence-electron chi connectivity index (χ1n) is 6.87. The number of ether oxygens (including phenoxy) is 1. The van der Waals surface area contributed by atoms with Crippen LogP contribution >= 0.6 is 0 Å². The lowest BCUT2D eigenvalue weighted by atomic mass is 9.96. The lowest BCUT2D eigenvalue weighted by Crippen LogP contribution is -2.42. The van der Waals surface area contributed by atoms with Crippen LogP contribution in [0.1, 0.15) is 37.0 Å². The first-order chi connectivity index (χ1) is 8.81. The zero-order valence-corrected chi connectivity index (χ0v) is 13.2. The second-order valence-electron chi connectivity index (χ2n) is 5.97. The Morgan fingerprint density at radius 2 is 1.89 bits per heavy atom. The third-order valence-corrected chi connectivity index (χ3v) is 3.98. The quantitative estimate of drug-likeness (QED) is 0.858. The van der Waals surface area contributed by atoms with Gasteiger partial charge in [0, 0.05) is 17.6 Å². The molecule has 0 aromatic heterocycles. The van der Waals surface area contributed by atoms with Crippen LogP contribution in [0.2, 0.25) is 0 Å². The summed E-state index contributed by atoms with van der Waals surface area (Å²) in [7, 11) is 3.89. The second-order valence-corrected chi connectivity index (χ2v) is 5.97. The van der Waals surface area contributed by atoms with Crippen LogP contribution in [0.15, 0.2) is 12.1 Å². The minimum Gasteiger partial charge on any atom is -0.496 e. The van der Waals surface area contributed by atoms with E-state index in [4.69, 9.17) is 10.5 Å². The summed E-state index contributed by atoms with van der Waals surface area (Å²) in [6.45, 7) is 10.3. The van der Waals surface area contributed by atoms with Crippen LogP contribution in [-0.4, -0.2) is 31.1 Å². The normalized spacial score (nSPS) is 12.0. The number of aryl methyl sites for hydroxylation is 2. The molecule has 0 aliphatic heterocycles. The molecule has 0 heterocycles. The van der Waals surface area contributed by atoms with Gasteiger partial charge in [-0.3, -0.25) is 4.90 Å². The highest BCUT2D eigenvalue weighted by atomic mass is 16.5. The van der Waals surface area contributed by atoms with E-state index in [9.17, 15) is 0 Å². The van der Waals surface area contributed by atoms with E-state index in [1.807, 2.05) is 0 Å². The van der Waals surface area contributed by atoms with Gasteiger partial charge in [0.1, 0.15) is 5.75 Å². The molecule has 0 radical (unpaired) electrons. The molecule has 0 spiro atoms. The van der Waals surface area contributed by atoms with Crippen molar-refractivity contribution in [1.29, 1.82) is 0 Å². The molecule has 0 aliphatic carbocycles. The lowest BCUT2D eigenvalue weighted by molar-refractivity contribution is 0.138. The molecule has 0 saturated heterocycles. The van der Waals surface area contributed by atoms with Crippen molar-refractivity contribution < 1.29 is 4.74 Å². The summed E-state index contributed by atoms with van der Waals surface area (Å²) in [5, 5.41) is 0. The van der Waals surface area contributed by atoms with Crippen molar-refractivity contribution in [3.8, 4) is 5.75 Å². The fraction of sp³-hybridized carbons (Fsp3) is 0.625. The van der Waals surface area contributed by atoms with Gasteiger partial charge in [-0.1, -0.05) is 6.07 Å². The predicted octanol–water partition coefficient (Wildman–Crippen LogP) is 2.87. The number of hydrogen-bond acceptors (Lipinski definition) is 3. The highest BCUT2D eigenvalue weighted by molar-refractivity contribution is 5.43. The van der Waals surface area contributed by atoms with Crippen LogP contribution in [0.4, 0.5) is 0 Å². The van der Waals surface area contributed by atoms with Crippen molar-refractivity contribution in [3.05, 3.63) is 28.8 Å². The van der Waals surface area contributed by atoms with Gasteiger partial charge in [-0.2, -0.15) is 0 Å². The van der Waals surface area contributed by atoms with Crippen LogP contribution < -0.4 is 10.5 Å². The molecular weight excluding hydrogens is 236 g/mol. The van der Waals surface area contributed by atoms with E-state index < -0.39 is 0 Å². The van der Waals surface area contributed by atoms with Crippen LogP contribution in [-0.2, 0) is 6.54 Å². The molecule has 2 N–H and O–H groups in total. The van der Waals surface area contributed by atoms with Gasteiger partial charge in [0.25, 0.3) is 0 Å². The highest BCUT2D eigenvalue weighted by Crippen LogP contribution is 2.28. The van der Waals surface area contributed by atoms with Crippen LogP contribution in [0.25, 0.3) is 0 Å². The molecule has 0 saturated carbocycles. The zero-order chi connectivity index (χ0) is 14.6. The molecule has 0 bridgehead atoms. The first kappa shape index (κ1) is 16.0. The van der Waals surface area contributed by atoms with Crippen molar-refractivity contribution in [2.45, 2.75) is 46.2 Å². The molecule has 0 amide bonds. The molecule has 0 aliphatic rings. The summed E-state index contributed by atoms with van der Waals surface area (Å²) in [6, 6.07) is 4.31. The smallest absolute Gasteiger partial charge is 0.123 e. The Bertz CT molecular complexity index is 427. The molecule has 1 aromatic carbocycles. The summed E-state index contributed by atoms with van der Waals surface area (Å²) < 4.78 is 5.53. The Morgan fingerprint density at radius 1 is 1.26 bits per heavy atom. The summed E-state index contributed by atoms with van der Waals surface area (Å²) in [6.07, 6.45) is 0.983. The van der Waals surface area contributed by atoms with E-state index in [0.717, 1.165) is 18.7 Å². The Balaban J connectivity index is 2.99. The topological polar surface area (TPSA) is 38.5 Å². The van der Waals surface area contributed by atoms with E-state index >= 15 is 0 Å². The predicted molar refractivity (Wildman–Crippen MR) is 81.7 cm³/mol. The highest BCUT2D eigenvalue weighted by Gasteiger charge is 2.24. The van der Waals surface area contributed by atoms with Gasteiger partial charge in [0.05, 0.1) is 7.11 Å². The molecule has 3 heteroatoms. The summed E-state index contributed by atoms with van der Waals surface area (Å²) >= 11 is 0. The Kier molecular flexibility index (Phi) is 5.39. The second kappa shape index (κ2) is 6.40. The Hall–Kier alpha value is -1.06. The van der Waals surface area contributed by atoms with Crippen molar-refractivity contribution in [2.24, 2.45) is 5.73 Å².